The highest BCUT2D eigenvalue weighted by molar-refractivity contribution is 5.98. The van der Waals surface area contributed by atoms with Crippen LogP contribution in [0.25, 0.3) is 0 Å². The van der Waals surface area contributed by atoms with Crippen LogP contribution in [0.1, 0.15) is 13.3 Å². The molecule has 1 aromatic carbocycles. The Morgan fingerprint density at radius 2 is 2.00 bits per heavy atom. The number of fused-ring (bicyclic) bond motifs is 1. The third-order valence-corrected chi connectivity index (χ3v) is 3.12. The number of para-hydroxylation sites is 2. The lowest BCUT2D eigenvalue weighted by atomic mass is 10.2. The predicted octanol–water partition coefficient (Wildman–Crippen LogP) is 1.90. The molecule has 0 fully saturated rings. The molecule has 0 spiro atoms. The summed E-state index contributed by atoms with van der Waals surface area (Å²) >= 11 is 0. The summed E-state index contributed by atoms with van der Waals surface area (Å²) in [5.74, 6) is 0.0454. The van der Waals surface area contributed by atoms with E-state index in [2.05, 4.69) is 4.90 Å². The van der Waals surface area contributed by atoms with Crippen molar-refractivity contribution in [1.82, 2.24) is 0 Å². The highest BCUT2D eigenvalue weighted by Crippen LogP contribution is 2.31. The van der Waals surface area contributed by atoms with Crippen molar-refractivity contribution in [2.75, 3.05) is 43.2 Å². The predicted molar refractivity (Wildman–Crippen MR) is 73.2 cm³/mol. The number of benzene rings is 1. The SMILES string of the molecule is CCCOCC(=O)N1CCN(C)c2ccccc21. The molecule has 1 heterocycles. The molecule has 0 aliphatic carbocycles. The number of carbonyl (C=O) groups excluding carboxylic acids is 1. The van der Waals surface area contributed by atoms with Crippen LogP contribution in [-0.4, -0.2) is 39.3 Å². The number of likely N-dealkylation sites (N-methyl/N-ethyl adjacent to an activating group) is 1. The summed E-state index contributed by atoms with van der Waals surface area (Å²) in [6.45, 7) is 4.43. The largest absolute Gasteiger partial charge is 0.372 e. The molecule has 0 atom stereocenters. The lowest BCUT2D eigenvalue weighted by molar-refractivity contribution is -0.123. The summed E-state index contributed by atoms with van der Waals surface area (Å²) in [6, 6.07) is 7.99. The second-order valence-corrected chi connectivity index (χ2v) is 4.51. The quantitative estimate of drug-likeness (QED) is 0.763. The fraction of sp³-hybridized carbons (Fsp3) is 0.500. The van der Waals surface area contributed by atoms with Crippen molar-refractivity contribution in [3.05, 3.63) is 24.3 Å². The van der Waals surface area contributed by atoms with Crippen LogP contribution in [0.5, 0.6) is 0 Å². The molecule has 1 aromatic rings. The van der Waals surface area contributed by atoms with Gasteiger partial charge in [-0.25, -0.2) is 0 Å². The van der Waals surface area contributed by atoms with Crippen molar-refractivity contribution < 1.29 is 9.53 Å². The molecule has 18 heavy (non-hydrogen) atoms. The summed E-state index contributed by atoms with van der Waals surface area (Å²) in [6.07, 6.45) is 0.937. The highest BCUT2D eigenvalue weighted by atomic mass is 16.5. The summed E-state index contributed by atoms with van der Waals surface area (Å²) in [7, 11) is 2.05. The summed E-state index contributed by atoms with van der Waals surface area (Å²) in [4.78, 5) is 16.1. The van der Waals surface area contributed by atoms with Crippen LogP contribution in [-0.2, 0) is 9.53 Å². The Morgan fingerprint density at radius 3 is 2.72 bits per heavy atom. The Balaban J connectivity index is 2.11. The number of hydrogen-bond acceptors (Lipinski definition) is 3. The second-order valence-electron chi connectivity index (χ2n) is 4.51. The summed E-state index contributed by atoms with van der Waals surface area (Å²) in [5.41, 5.74) is 2.09. The topological polar surface area (TPSA) is 32.8 Å². The Morgan fingerprint density at radius 1 is 1.28 bits per heavy atom. The first kappa shape index (κ1) is 12.9. The van der Waals surface area contributed by atoms with Gasteiger partial charge in [0.2, 0.25) is 0 Å². The van der Waals surface area contributed by atoms with E-state index in [-0.39, 0.29) is 12.5 Å². The molecule has 2 rings (SSSR count). The molecule has 98 valence electrons. The zero-order valence-electron chi connectivity index (χ0n) is 11.1. The molecule has 4 heteroatoms. The molecule has 1 aliphatic rings. The average Bonchev–Trinajstić information content (AvgIpc) is 2.39. The van der Waals surface area contributed by atoms with E-state index in [1.165, 1.54) is 0 Å². The van der Waals surface area contributed by atoms with Gasteiger partial charge in [-0.15, -0.1) is 0 Å². The van der Waals surface area contributed by atoms with Gasteiger partial charge in [-0.3, -0.25) is 4.79 Å². The maximum atomic E-state index is 12.1. The third-order valence-electron chi connectivity index (χ3n) is 3.12. The average molecular weight is 248 g/mol. The Hall–Kier alpha value is -1.55. The molecule has 0 aromatic heterocycles. The molecule has 0 saturated heterocycles. The maximum absolute atomic E-state index is 12.1. The van der Waals surface area contributed by atoms with E-state index >= 15 is 0 Å². The van der Waals surface area contributed by atoms with E-state index < -0.39 is 0 Å². The van der Waals surface area contributed by atoms with Crippen molar-refractivity contribution >= 4 is 17.3 Å². The lowest BCUT2D eigenvalue weighted by Crippen LogP contribution is -2.44. The molecule has 0 bridgehead atoms. The van der Waals surface area contributed by atoms with Crippen molar-refractivity contribution in [3.8, 4) is 0 Å². The third kappa shape index (κ3) is 2.64. The minimum atomic E-state index is 0.0454. The summed E-state index contributed by atoms with van der Waals surface area (Å²) < 4.78 is 5.33. The number of rotatable bonds is 4. The monoisotopic (exact) mass is 248 g/mol. The molecule has 4 nitrogen and oxygen atoms in total. The van der Waals surface area contributed by atoms with Gasteiger partial charge in [0.15, 0.2) is 0 Å². The van der Waals surface area contributed by atoms with Gasteiger partial charge >= 0.3 is 0 Å². The van der Waals surface area contributed by atoms with Crippen LogP contribution in [0.3, 0.4) is 0 Å². The van der Waals surface area contributed by atoms with Crippen LogP contribution in [0.4, 0.5) is 11.4 Å². The molecule has 0 N–H and O–H groups in total. The van der Waals surface area contributed by atoms with Crippen LogP contribution in [0.15, 0.2) is 24.3 Å². The number of carbonyl (C=O) groups is 1. The van der Waals surface area contributed by atoms with Crippen LogP contribution in [0, 0.1) is 0 Å². The maximum Gasteiger partial charge on any atom is 0.253 e. The number of hydrogen-bond donors (Lipinski definition) is 0. The van der Waals surface area contributed by atoms with Crippen LogP contribution in [0.2, 0.25) is 0 Å². The van der Waals surface area contributed by atoms with E-state index in [0.717, 1.165) is 30.9 Å². The van der Waals surface area contributed by atoms with Gasteiger partial charge < -0.3 is 14.5 Å². The molecule has 0 radical (unpaired) electrons. The Kier molecular flexibility index (Phi) is 4.20. The van der Waals surface area contributed by atoms with Gasteiger partial charge in [-0.1, -0.05) is 19.1 Å². The fourth-order valence-electron chi connectivity index (χ4n) is 2.15. The number of amides is 1. The lowest BCUT2D eigenvalue weighted by Gasteiger charge is -2.35. The molecule has 0 saturated carbocycles. The smallest absolute Gasteiger partial charge is 0.253 e. The molecule has 1 amide bonds. The first-order chi connectivity index (χ1) is 8.74. The van der Waals surface area contributed by atoms with Crippen molar-refractivity contribution in [1.29, 1.82) is 0 Å². The highest BCUT2D eigenvalue weighted by Gasteiger charge is 2.24. The Bertz CT molecular complexity index is 420. The second kappa shape index (κ2) is 5.87. The standard InChI is InChI=1S/C14H20N2O2/c1-3-10-18-11-14(17)16-9-8-15(2)12-6-4-5-7-13(12)16/h4-7H,3,8-11H2,1-2H3. The van der Waals surface area contributed by atoms with Gasteiger partial charge in [0.1, 0.15) is 6.61 Å². The first-order valence-electron chi connectivity index (χ1n) is 6.42. The van der Waals surface area contributed by atoms with E-state index in [1.54, 1.807) is 0 Å². The summed E-state index contributed by atoms with van der Waals surface area (Å²) in [5, 5.41) is 0. The van der Waals surface area contributed by atoms with Crippen LogP contribution >= 0.6 is 0 Å². The van der Waals surface area contributed by atoms with E-state index in [4.69, 9.17) is 4.74 Å². The minimum Gasteiger partial charge on any atom is -0.372 e. The van der Waals surface area contributed by atoms with Gasteiger partial charge in [-0.2, -0.15) is 0 Å². The minimum absolute atomic E-state index is 0.0454. The normalized spacial score (nSPS) is 14.6. The van der Waals surface area contributed by atoms with Gasteiger partial charge in [0.05, 0.1) is 11.4 Å². The van der Waals surface area contributed by atoms with Crippen molar-refractivity contribution in [3.63, 3.8) is 0 Å². The molecule has 0 unspecified atom stereocenters. The number of anilines is 2. The van der Waals surface area contributed by atoms with Gasteiger partial charge in [-0.05, 0) is 18.6 Å². The number of ether oxygens (including phenoxy) is 1. The number of nitrogens with zero attached hydrogens (tertiary/aromatic N) is 2. The Labute approximate surface area is 108 Å². The van der Waals surface area contributed by atoms with E-state index in [1.807, 2.05) is 43.1 Å². The molecular weight excluding hydrogens is 228 g/mol. The molecule has 1 aliphatic heterocycles. The van der Waals surface area contributed by atoms with E-state index in [9.17, 15) is 4.79 Å². The van der Waals surface area contributed by atoms with Crippen molar-refractivity contribution in [2.24, 2.45) is 0 Å². The van der Waals surface area contributed by atoms with Gasteiger partial charge in [0, 0.05) is 26.7 Å². The van der Waals surface area contributed by atoms with Crippen molar-refractivity contribution in [2.45, 2.75) is 13.3 Å². The zero-order valence-corrected chi connectivity index (χ0v) is 11.1. The first-order valence-corrected chi connectivity index (χ1v) is 6.42. The van der Waals surface area contributed by atoms with E-state index in [0.29, 0.717) is 6.61 Å². The van der Waals surface area contributed by atoms with Crippen LogP contribution < -0.4 is 9.80 Å². The molecular formula is C14H20N2O2. The van der Waals surface area contributed by atoms with Gasteiger partial charge in [0.25, 0.3) is 5.91 Å². The zero-order chi connectivity index (χ0) is 13.0. The fourth-order valence-corrected chi connectivity index (χ4v) is 2.15.